The Kier molecular flexibility index (Phi) is 5.30. The molecule has 1 N–H and O–H groups in total. The molecule has 1 aliphatic carbocycles. The highest BCUT2D eigenvalue weighted by Crippen LogP contribution is 2.23. The van der Waals surface area contributed by atoms with Crippen LogP contribution in [0.1, 0.15) is 36.0 Å². The molecule has 0 bridgehead atoms. The van der Waals surface area contributed by atoms with Gasteiger partial charge in [0.1, 0.15) is 5.60 Å². The minimum absolute atomic E-state index is 0.0737. The van der Waals surface area contributed by atoms with Gasteiger partial charge >= 0.3 is 0 Å². The maximum Gasteiger partial charge on any atom is 0.254 e. The summed E-state index contributed by atoms with van der Waals surface area (Å²) < 4.78 is 11.4. The monoisotopic (exact) mass is 319 g/mol. The van der Waals surface area contributed by atoms with Gasteiger partial charge in [0.2, 0.25) is 0 Å². The molecule has 1 unspecified atom stereocenters. The molecule has 1 saturated heterocycles. The Bertz CT molecular complexity index is 515. The van der Waals surface area contributed by atoms with E-state index in [2.05, 4.69) is 0 Å². The molecule has 0 spiro atoms. The number of β-amino-alcohol motifs (C(OH)–C–C–N with tert-alkyl or cyclic N) is 1. The first-order chi connectivity index (χ1) is 11.2. The SMILES string of the molecule is O=C(c1ccccc1)N1CCOCC(O)(COC2CCCC2)C1. The Labute approximate surface area is 137 Å². The Morgan fingerprint density at radius 2 is 2.04 bits per heavy atom. The van der Waals surface area contributed by atoms with E-state index in [1.807, 2.05) is 18.2 Å². The van der Waals surface area contributed by atoms with E-state index in [4.69, 9.17) is 9.47 Å². The van der Waals surface area contributed by atoms with Gasteiger partial charge in [-0.05, 0) is 25.0 Å². The fourth-order valence-electron chi connectivity index (χ4n) is 3.27. The van der Waals surface area contributed by atoms with Crippen LogP contribution >= 0.6 is 0 Å². The first-order valence-electron chi connectivity index (χ1n) is 8.42. The van der Waals surface area contributed by atoms with Gasteiger partial charge < -0.3 is 19.5 Å². The van der Waals surface area contributed by atoms with E-state index < -0.39 is 5.60 Å². The van der Waals surface area contributed by atoms with Gasteiger partial charge in [-0.25, -0.2) is 0 Å². The van der Waals surface area contributed by atoms with Crippen LogP contribution in [0.5, 0.6) is 0 Å². The van der Waals surface area contributed by atoms with Crippen LogP contribution in [0.4, 0.5) is 0 Å². The van der Waals surface area contributed by atoms with E-state index in [-0.39, 0.29) is 31.8 Å². The molecule has 1 aromatic carbocycles. The topological polar surface area (TPSA) is 59.0 Å². The maximum absolute atomic E-state index is 12.6. The van der Waals surface area contributed by atoms with Crippen molar-refractivity contribution >= 4 is 5.91 Å². The van der Waals surface area contributed by atoms with E-state index >= 15 is 0 Å². The zero-order chi connectivity index (χ0) is 16.1. The molecule has 1 aliphatic heterocycles. The summed E-state index contributed by atoms with van der Waals surface area (Å²) in [6.07, 6.45) is 4.74. The van der Waals surface area contributed by atoms with Crippen LogP contribution in [-0.2, 0) is 9.47 Å². The maximum atomic E-state index is 12.6. The second-order valence-electron chi connectivity index (χ2n) is 6.59. The Hall–Kier alpha value is -1.43. The standard InChI is InChI=1S/C18H25NO4/c20-17(15-6-2-1-3-7-15)19-10-11-22-13-18(21,12-19)14-23-16-8-4-5-9-16/h1-3,6-7,16,21H,4-5,8-14H2. The third-order valence-corrected chi connectivity index (χ3v) is 4.56. The number of nitrogens with zero attached hydrogens (tertiary/aromatic N) is 1. The number of aliphatic hydroxyl groups is 1. The summed E-state index contributed by atoms with van der Waals surface area (Å²) in [6, 6.07) is 9.16. The molecule has 1 atom stereocenters. The smallest absolute Gasteiger partial charge is 0.254 e. The molecule has 126 valence electrons. The van der Waals surface area contributed by atoms with Crippen molar-refractivity contribution in [3.63, 3.8) is 0 Å². The first-order valence-corrected chi connectivity index (χ1v) is 8.42. The molecule has 1 saturated carbocycles. The molecule has 3 rings (SSSR count). The van der Waals surface area contributed by atoms with Crippen molar-refractivity contribution in [3.8, 4) is 0 Å². The second kappa shape index (κ2) is 7.43. The van der Waals surface area contributed by atoms with E-state index in [1.165, 1.54) is 12.8 Å². The third kappa shape index (κ3) is 4.31. The van der Waals surface area contributed by atoms with E-state index in [0.717, 1.165) is 12.8 Å². The zero-order valence-electron chi connectivity index (χ0n) is 13.4. The first kappa shape index (κ1) is 16.4. The van der Waals surface area contributed by atoms with Crippen molar-refractivity contribution < 1.29 is 19.4 Å². The van der Waals surface area contributed by atoms with Crippen molar-refractivity contribution in [3.05, 3.63) is 35.9 Å². The molecule has 5 heteroatoms. The number of hydrogen-bond donors (Lipinski definition) is 1. The average molecular weight is 319 g/mol. The number of rotatable bonds is 4. The van der Waals surface area contributed by atoms with Crippen molar-refractivity contribution in [2.75, 3.05) is 32.9 Å². The lowest BCUT2D eigenvalue weighted by molar-refractivity contribution is -0.104. The van der Waals surface area contributed by atoms with Crippen LogP contribution in [0.3, 0.4) is 0 Å². The van der Waals surface area contributed by atoms with Crippen LogP contribution in [0.2, 0.25) is 0 Å². The van der Waals surface area contributed by atoms with Gasteiger partial charge in [0.25, 0.3) is 5.91 Å². The molecule has 23 heavy (non-hydrogen) atoms. The van der Waals surface area contributed by atoms with Crippen LogP contribution in [0.25, 0.3) is 0 Å². The summed E-state index contributed by atoms with van der Waals surface area (Å²) in [6.45, 7) is 1.59. The number of ether oxygens (including phenoxy) is 2. The predicted octanol–water partition coefficient (Wildman–Crippen LogP) is 1.85. The summed E-state index contributed by atoms with van der Waals surface area (Å²) >= 11 is 0. The molecule has 2 aliphatic rings. The highest BCUT2D eigenvalue weighted by molar-refractivity contribution is 5.94. The van der Waals surface area contributed by atoms with Crippen molar-refractivity contribution in [1.29, 1.82) is 0 Å². The van der Waals surface area contributed by atoms with E-state index in [9.17, 15) is 9.90 Å². The molecule has 1 aromatic rings. The van der Waals surface area contributed by atoms with Crippen LogP contribution in [-0.4, -0.2) is 60.5 Å². The van der Waals surface area contributed by atoms with Crippen molar-refractivity contribution in [2.45, 2.75) is 37.4 Å². The van der Waals surface area contributed by atoms with Crippen LogP contribution < -0.4 is 0 Å². The van der Waals surface area contributed by atoms with E-state index in [0.29, 0.717) is 18.7 Å². The summed E-state index contributed by atoms with van der Waals surface area (Å²) in [5.74, 6) is -0.0737. The predicted molar refractivity (Wildman–Crippen MR) is 86.3 cm³/mol. The molecule has 1 heterocycles. The summed E-state index contributed by atoms with van der Waals surface area (Å²) in [4.78, 5) is 14.3. The van der Waals surface area contributed by atoms with Gasteiger partial charge in [-0.2, -0.15) is 0 Å². The quantitative estimate of drug-likeness (QED) is 0.920. The minimum atomic E-state index is -1.14. The fraction of sp³-hybridized carbons (Fsp3) is 0.611. The summed E-state index contributed by atoms with van der Waals surface area (Å²) in [5.41, 5.74) is -0.503. The number of carbonyl (C=O) groups is 1. The molecule has 5 nitrogen and oxygen atoms in total. The van der Waals surface area contributed by atoms with Gasteiger partial charge in [0, 0.05) is 12.1 Å². The minimum Gasteiger partial charge on any atom is -0.383 e. The normalized spacial score (nSPS) is 26.2. The van der Waals surface area contributed by atoms with E-state index in [1.54, 1.807) is 17.0 Å². The lowest BCUT2D eigenvalue weighted by atomic mass is 10.1. The highest BCUT2D eigenvalue weighted by atomic mass is 16.5. The number of carbonyl (C=O) groups excluding carboxylic acids is 1. The molecule has 2 fully saturated rings. The Morgan fingerprint density at radius 1 is 1.30 bits per heavy atom. The summed E-state index contributed by atoms with van der Waals surface area (Å²) in [5, 5.41) is 10.8. The summed E-state index contributed by atoms with van der Waals surface area (Å²) in [7, 11) is 0. The van der Waals surface area contributed by atoms with Crippen LogP contribution in [0, 0.1) is 0 Å². The Balaban J connectivity index is 1.63. The van der Waals surface area contributed by atoms with Gasteiger partial charge in [-0.3, -0.25) is 4.79 Å². The number of amides is 1. The van der Waals surface area contributed by atoms with Gasteiger partial charge in [0.05, 0.1) is 32.5 Å². The number of hydrogen-bond acceptors (Lipinski definition) is 4. The third-order valence-electron chi connectivity index (χ3n) is 4.56. The van der Waals surface area contributed by atoms with Crippen LogP contribution in [0.15, 0.2) is 30.3 Å². The Morgan fingerprint density at radius 3 is 2.78 bits per heavy atom. The second-order valence-corrected chi connectivity index (χ2v) is 6.59. The number of benzene rings is 1. The largest absolute Gasteiger partial charge is 0.383 e. The average Bonchev–Trinajstić information content (AvgIpc) is 3.02. The molecule has 0 radical (unpaired) electrons. The van der Waals surface area contributed by atoms with Gasteiger partial charge in [-0.1, -0.05) is 31.0 Å². The fourth-order valence-corrected chi connectivity index (χ4v) is 3.27. The molecule has 1 amide bonds. The molecular weight excluding hydrogens is 294 g/mol. The lowest BCUT2D eigenvalue weighted by Gasteiger charge is -2.31. The lowest BCUT2D eigenvalue weighted by Crippen LogP contribution is -2.50. The highest BCUT2D eigenvalue weighted by Gasteiger charge is 2.36. The zero-order valence-corrected chi connectivity index (χ0v) is 13.4. The van der Waals surface area contributed by atoms with Gasteiger partial charge in [0.15, 0.2) is 0 Å². The molecular formula is C18H25NO4. The van der Waals surface area contributed by atoms with Crippen molar-refractivity contribution in [2.24, 2.45) is 0 Å². The van der Waals surface area contributed by atoms with Crippen molar-refractivity contribution in [1.82, 2.24) is 4.90 Å². The molecule has 0 aromatic heterocycles. The van der Waals surface area contributed by atoms with Gasteiger partial charge in [-0.15, -0.1) is 0 Å².